The van der Waals surface area contributed by atoms with Gasteiger partial charge >= 0.3 is 0 Å². The van der Waals surface area contributed by atoms with Crippen molar-refractivity contribution < 1.29 is 4.79 Å². The zero-order valence-electron chi connectivity index (χ0n) is 10.2. The van der Waals surface area contributed by atoms with Crippen LogP contribution in [0.2, 0.25) is 0 Å². The van der Waals surface area contributed by atoms with Gasteiger partial charge in [0.2, 0.25) is 5.91 Å². The van der Waals surface area contributed by atoms with Gasteiger partial charge in [-0.1, -0.05) is 24.3 Å². The molecule has 18 heavy (non-hydrogen) atoms. The van der Waals surface area contributed by atoms with Crippen LogP contribution >= 0.6 is 0 Å². The summed E-state index contributed by atoms with van der Waals surface area (Å²) < 4.78 is 0. The first kappa shape index (κ1) is 11.3. The molecular weight excluding hydrogens is 224 g/mol. The van der Waals surface area contributed by atoms with E-state index in [9.17, 15) is 4.79 Å². The minimum absolute atomic E-state index is 0.0111. The van der Waals surface area contributed by atoms with E-state index in [0.29, 0.717) is 5.92 Å². The number of fused-ring (bicyclic) bond motifs is 1. The highest BCUT2D eigenvalue weighted by Crippen LogP contribution is 2.33. The first-order chi connectivity index (χ1) is 8.78. The third kappa shape index (κ3) is 2.11. The lowest BCUT2D eigenvalue weighted by Gasteiger charge is -2.14. The smallest absolute Gasteiger partial charge is 0.224 e. The maximum Gasteiger partial charge on any atom is 0.224 e. The molecule has 1 atom stereocenters. The Balaban J connectivity index is 1.64. The zero-order valence-corrected chi connectivity index (χ0v) is 10.2. The predicted octanol–water partition coefficient (Wildman–Crippen LogP) is 1.82. The average molecular weight is 240 g/mol. The van der Waals surface area contributed by atoms with Gasteiger partial charge < -0.3 is 5.32 Å². The van der Waals surface area contributed by atoms with E-state index in [1.54, 1.807) is 0 Å². The summed E-state index contributed by atoms with van der Waals surface area (Å²) in [7, 11) is 0. The molecule has 1 N–H and O–H groups in total. The molecule has 1 aromatic carbocycles. The van der Waals surface area contributed by atoms with Crippen molar-refractivity contribution in [3.8, 4) is 6.07 Å². The summed E-state index contributed by atoms with van der Waals surface area (Å²) in [6, 6.07) is 10.1. The molecule has 1 fully saturated rings. The number of benzene rings is 1. The van der Waals surface area contributed by atoms with Gasteiger partial charge in [-0.25, -0.2) is 0 Å². The molecule has 1 aromatic rings. The number of amides is 1. The highest BCUT2D eigenvalue weighted by atomic mass is 16.1. The first-order valence-electron chi connectivity index (χ1n) is 6.54. The molecule has 92 valence electrons. The molecule has 0 bridgehead atoms. The van der Waals surface area contributed by atoms with E-state index < -0.39 is 0 Å². The highest BCUT2D eigenvalue weighted by Gasteiger charge is 2.35. The normalized spacial score (nSPS) is 19.9. The van der Waals surface area contributed by atoms with E-state index in [1.807, 2.05) is 12.1 Å². The summed E-state index contributed by atoms with van der Waals surface area (Å²) in [6.07, 6.45) is 3.77. The second kappa shape index (κ2) is 4.45. The summed E-state index contributed by atoms with van der Waals surface area (Å²) in [4.78, 5) is 12.2. The Morgan fingerprint density at radius 1 is 1.28 bits per heavy atom. The molecule has 3 nitrogen and oxygen atoms in total. The number of rotatable bonds is 3. The Labute approximate surface area is 107 Å². The second-order valence-corrected chi connectivity index (χ2v) is 5.33. The van der Waals surface area contributed by atoms with E-state index in [1.165, 1.54) is 11.1 Å². The van der Waals surface area contributed by atoms with Crippen LogP contribution in [0, 0.1) is 23.2 Å². The fourth-order valence-corrected chi connectivity index (χ4v) is 2.70. The Kier molecular flexibility index (Phi) is 2.79. The van der Waals surface area contributed by atoms with Gasteiger partial charge in [-0.05, 0) is 42.7 Å². The van der Waals surface area contributed by atoms with Gasteiger partial charge in [-0.2, -0.15) is 5.26 Å². The summed E-state index contributed by atoms with van der Waals surface area (Å²) in [5.41, 5.74) is 2.55. The van der Waals surface area contributed by atoms with Crippen LogP contribution in [0.4, 0.5) is 0 Å². The molecule has 0 heterocycles. The largest absolute Gasteiger partial charge is 0.340 e. The Bertz CT molecular complexity index is 488. The minimum atomic E-state index is -0.277. The fourth-order valence-electron chi connectivity index (χ4n) is 2.70. The molecule has 0 aromatic heterocycles. The van der Waals surface area contributed by atoms with Crippen molar-refractivity contribution >= 4 is 5.91 Å². The van der Waals surface area contributed by atoms with Crippen molar-refractivity contribution in [3.05, 3.63) is 35.4 Å². The molecule has 1 saturated carbocycles. The number of nitriles is 1. The molecule has 2 aliphatic rings. The third-order valence-electron chi connectivity index (χ3n) is 3.95. The summed E-state index contributed by atoms with van der Waals surface area (Å²) in [6.45, 7) is 0. The van der Waals surface area contributed by atoms with Crippen molar-refractivity contribution in [2.24, 2.45) is 11.8 Å². The standard InChI is InChI=1S/C15H16N2O/c16-9-14(10-5-6-10)17-15(18)13-7-11-3-1-2-4-12(11)8-13/h1-4,10,13-14H,5-8H2,(H,17,18). The van der Waals surface area contributed by atoms with Gasteiger partial charge in [0.25, 0.3) is 0 Å². The summed E-state index contributed by atoms with van der Waals surface area (Å²) >= 11 is 0. The summed E-state index contributed by atoms with van der Waals surface area (Å²) in [5.74, 6) is 0.448. The SMILES string of the molecule is N#CC(NC(=O)C1Cc2ccccc2C1)C1CC1. The molecule has 1 amide bonds. The molecule has 2 aliphatic carbocycles. The van der Waals surface area contributed by atoms with Gasteiger partial charge in [0.05, 0.1) is 6.07 Å². The molecule has 0 aliphatic heterocycles. The monoisotopic (exact) mass is 240 g/mol. The van der Waals surface area contributed by atoms with Crippen LogP contribution in [0.5, 0.6) is 0 Å². The van der Waals surface area contributed by atoms with Crippen LogP contribution in [0.3, 0.4) is 0 Å². The van der Waals surface area contributed by atoms with E-state index in [-0.39, 0.29) is 17.9 Å². The van der Waals surface area contributed by atoms with E-state index >= 15 is 0 Å². The van der Waals surface area contributed by atoms with Gasteiger partial charge in [0.1, 0.15) is 6.04 Å². The van der Waals surface area contributed by atoms with E-state index in [0.717, 1.165) is 25.7 Å². The molecule has 1 unspecified atom stereocenters. The van der Waals surface area contributed by atoms with Crippen molar-refractivity contribution in [2.75, 3.05) is 0 Å². The second-order valence-electron chi connectivity index (χ2n) is 5.33. The molecule has 0 spiro atoms. The number of nitrogens with one attached hydrogen (secondary N) is 1. The average Bonchev–Trinajstić information content (AvgIpc) is 3.13. The summed E-state index contributed by atoms with van der Waals surface area (Å²) in [5, 5.41) is 11.9. The number of hydrogen-bond acceptors (Lipinski definition) is 2. The Hall–Kier alpha value is -1.82. The van der Waals surface area contributed by atoms with Crippen molar-refractivity contribution in [3.63, 3.8) is 0 Å². The van der Waals surface area contributed by atoms with Gasteiger partial charge in [-0.3, -0.25) is 4.79 Å². The molecule has 0 saturated heterocycles. The third-order valence-corrected chi connectivity index (χ3v) is 3.95. The fraction of sp³-hybridized carbons (Fsp3) is 0.467. The topological polar surface area (TPSA) is 52.9 Å². The van der Waals surface area contributed by atoms with Crippen LogP contribution in [0.25, 0.3) is 0 Å². The van der Waals surface area contributed by atoms with Gasteiger partial charge in [-0.15, -0.1) is 0 Å². The maximum atomic E-state index is 12.2. The lowest BCUT2D eigenvalue weighted by Crippen LogP contribution is -2.39. The van der Waals surface area contributed by atoms with Crippen molar-refractivity contribution in [1.29, 1.82) is 5.26 Å². The number of hydrogen-bond donors (Lipinski definition) is 1. The van der Waals surface area contributed by atoms with Crippen LogP contribution in [-0.2, 0) is 17.6 Å². The molecular formula is C15H16N2O. The van der Waals surface area contributed by atoms with Crippen LogP contribution in [-0.4, -0.2) is 11.9 Å². The number of nitrogens with zero attached hydrogens (tertiary/aromatic N) is 1. The highest BCUT2D eigenvalue weighted by molar-refractivity contribution is 5.81. The Morgan fingerprint density at radius 2 is 1.89 bits per heavy atom. The van der Waals surface area contributed by atoms with Crippen LogP contribution < -0.4 is 5.32 Å². The Morgan fingerprint density at radius 3 is 2.39 bits per heavy atom. The molecule has 3 rings (SSSR count). The van der Waals surface area contributed by atoms with Crippen LogP contribution in [0.1, 0.15) is 24.0 Å². The van der Waals surface area contributed by atoms with Gasteiger partial charge in [0.15, 0.2) is 0 Å². The van der Waals surface area contributed by atoms with Gasteiger partial charge in [0, 0.05) is 5.92 Å². The minimum Gasteiger partial charge on any atom is -0.340 e. The molecule has 0 radical (unpaired) electrons. The first-order valence-corrected chi connectivity index (χ1v) is 6.54. The lowest BCUT2D eigenvalue weighted by atomic mass is 10.0. The van der Waals surface area contributed by atoms with E-state index in [2.05, 4.69) is 23.5 Å². The number of carbonyl (C=O) groups excluding carboxylic acids is 1. The quantitative estimate of drug-likeness (QED) is 0.876. The van der Waals surface area contributed by atoms with E-state index in [4.69, 9.17) is 5.26 Å². The van der Waals surface area contributed by atoms with Crippen LogP contribution in [0.15, 0.2) is 24.3 Å². The maximum absolute atomic E-state index is 12.2. The predicted molar refractivity (Wildman–Crippen MR) is 67.6 cm³/mol. The lowest BCUT2D eigenvalue weighted by molar-refractivity contribution is -0.125. The molecule has 3 heteroatoms. The number of carbonyl (C=O) groups is 1. The van der Waals surface area contributed by atoms with Crippen molar-refractivity contribution in [1.82, 2.24) is 5.32 Å². The zero-order chi connectivity index (χ0) is 12.5. The van der Waals surface area contributed by atoms with Crippen molar-refractivity contribution in [2.45, 2.75) is 31.7 Å².